The van der Waals surface area contributed by atoms with Gasteiger partial charge in [-0.25, -0.2) is 18.1 Å². The highest BCUT2D eigenvalue weighted by atomic mass is 32.2. The fraction of sp³-hybridized carbons (Fsp3) is 0.462. The smallest absolute Gasteiger partial charge is 0.260 e. The molecule has 108 valence electrons. The molecule has 1 saturated carbocycles. The highest BCUT2D eigenvalue weighted by Gasteiger charge is 2.40. The topological polar surface area (TPSA) is 89.5 Å². The minimum atomic E-state index is -3.68. The fourth-order valence-electron chi connectivity index (χ4n) is 2.72. The molecule has 0 aromatic carbocycles. The Hall–Kier alpha value is -1.60. The summed E-state index contributed by atoms with van der Waals surface area (Å²) in [6.45, 7) is 2.00. The molecular weight excluding hydrogens is 276 g/mol. The SMILES string of the molecule is CCC1(NS(=O)(=O)c2c(N)nc3ccccn23)CCC1. The van der Waals surface area contributed by atoms with E-state index >= 15 is 0 Å². The number of fused-ring (bicyclic) bond motifs is 1. The Morgan fingerprint density at radius 1 is 1.45 bits per heavy atom. The molecule has 3 N–H and O–H groups in total. The average molecular weight is 294 g/mol. The Morgan fingerprint density at radius 3 is 2.80 bits per heavy atom. The van der Waals surface area contributed by atoms with E-state index in [4.69, 9.17) is 5.73 Å². The molecular formula is C13H18N4O2S. The second-order valence-electron chi connectivity index (χ2n) is 5.32. The summed E-state index contributed by atoms with van der Waals surface area (Å²) in [7, 11) is -3.68. The molecule has 2 heterocycles. The Labute approximate surface area is 118 Å². The van der Waals surface area contributed by atoms with Crippen molar-refractivity contribution in [2.24, 2.45) is 0 Å². The van der Waals surface area contributed by atoms with Crippen LogP contribution in [0.4, 0.5) is 5.82 Å². The van der Waals surface area contributed by atoms with Crippen LogP contribution in [0.15, 0.2) is 29.4 Å². The van der Waals surface area contributed by atoms with Gasteiger partial charge in [-0.1, -0.05) is 13.0 Å². The molecule has 0 radical (unpaired) electrons. The van der Waals surface area contributed by atoms with Crippen LogP contribution < -0.4 is 10.5 Å². The first-order valence-corrected chi connectivity index (χ1v) is 8.22. The molecule has 0 amide bonds. The molecule has 1 aliphatic carbocycles. The lowest BCUT2D eigenvalue weighted by Gasteiger charge is -2.41. The number of aromatic nitrogens is 2. The molecule has 1 fully saturated rings. The molecule has 3 rings (SSSR count). The molecule has 1 aliphatic rings. The lowest BCUT2D eigenvalue weighted by atomic mass is 9.76. The monoisotopic (exact) mass is 294 g/mol. The van der Waals surface area contributed by atoms with E-state index in [0.717, 1.165) is 25.7 Å². The van der Waals surface area contributed by atoms with Crippen molar-refractivity contribution < 1.29 is 8.42 Å². The molecule has 20 heavy (non-hydrogen) atoms. The fourth-order valence-corrected chi connectivity index (χ4v) is 4.47. The van der Waals surface area contributed by atoms with E-state index in [1.807, 2.05) is 6.92 Å². The van der Waals surface area contributed by atoms with Gasteiger partial charge < -0.3 is 5.73 Å². The number of nitrogens with one attached hydrogen (secondary N) is 1. The van der Waals surface area contributed by atoms with Gasteiger partial charge in [-0.15, -0.1) is 0 Å². The summed E-state index contributed by atoms with van der Waals surface area (Å²) in [4.78, 5) is 4.10. The summed E-state index contributed by atoms with van der Waals surface area (Å²) in [5.41, 5.74) is 6.02. The first-order chi connectivity index (χ1) is 9.47. The molecule has 0 atom stereocenters. The zero-order chi connectivity index (χ0) is 14.4. The van der Waals surface area contributed by atoms with Crippen LogP contribution >= 0.6 is 0 Å². The summed E-state index contributed by atoms with van der Waals surface area (Å²) in [5.74, 6) is 0.0364. The number of hydrogen-bond donors (Lipinski definition) is 2. The van der Waals surface area contributed by atoms with Gasteiger partial charge in [0.05, 0.1) is 0 Å². The summed E-state index contributed by atoms with van der Waals surface area (Å²) in [6, 6.07) is 5.28. The lowest BCUT2D eigenvalue weighted by Crippen LogP contribution is -2.53. The number of anilines is 1. The standard InChI is InChI=1S/C13H18N4O2S/c1-2-13(7-5-8-13)16-20(18,19)12-11(14)15-10-6-3-4-9-17(10)12/h3-4,6,9,16H,2,5,7-8,14H2,1H3. The molecule has 0 saturated heterocycles. The van der Waals surface area contributed by atoms with Crippen molar-refractivity contribution in [3.8, 4) is 0 Å². The Bertz CT molecular complexity index is 741. The number of nitrogens with zero attached hydrogens (tertiary/aromatic N) is 2. The normalized spacial score (nSPS) is 18.1. The van der Waals surface area contributed by atoms with Crippen LogP contribution in [-0.4, -0.2) is 23.3 Å². The van der Waals surface area contributed by atoms with E-state index < -0.39 is 10.0 Å². The second kappa shape index (κ2) is 4.46. The maximum absolute atomic E-state index is 12.6. The number of sulfonamides is 1. The molecule has 2 aromatic heterocycles. The lowest BCUT2D eigenvalue weighted by molar-refractivity contribution is 0.213. The first kappa shape index (κ1) is 13.4. The van der Waals surface area contributed by atoms with Gasteiger partial charge in [0, 0.05) is 11.7 Å². The van der Waals surface area contributed by atoms with E-state index in [1.165, 1.54) is 4.40 Å². The van der Waals surface area contributed by atoms with Crippen molar-refractivity contribution in [1.82, 2.24) is 14.1 Å². The van der Waals surface area contributed by atoms with Crippen LogP contribution in [-0.2, 0) is 10.0 Å². The zero-order valence-electron chi connectivity index (χ0n) is 11.3. The predicted molar refractivity (Wildman–Crippen MR) is 76.8 cm³/mol. The average Bonchev–Trinajstić information content (AvgIpc) is 2.70. The molecule has 0 bridgehead atoms. The van der Waals surface area contributed by atoms with Crippen molar-refractivity contribution in [2.75, 3.05) is 5.73 Å². The number of nitrogen functional groups attached to an aromatic ring is 1. The van der Waals surface area contributed by atoms with Gasteiger partial charge in [-0.2, -0.15) is 0 Å². The zero-order valence-corrected chi connectivity index (χ0v) is 12.2. The van der Waals surface area contributed by atoms with Crippen molar-refractivity contribution in [3.63, 3.8) is 0 Å². The third-order valence-electron chi connectivity index (χ3n) is 4.10. The number of rotatable bonds is 4. The van der Waals surface area contributed by atoms with E-state index in [2.05, 4.69) is 9.71 Å². The van der Waals surface area contributed by atoms with E-state index in [9.17, 15) is 8.42 Å². The second-order valence-corrected chi connectivity index (χ2v) is 6.92. The third kappa shape index (κ3) is 1.97. The minimum absolute atomic E-state index is 0.0350. The summed E-state index contributed by atoms with van der Waals surface area (Å²) in [5, 5.41) is 0.0350. The Morgan fingerprint density at radius 2 is 2.20 bits per heavy atom. The quantitative estimate of drug-likeness (QED) is 0.894. The maximum atomic E-state index is 12.6. The van der Waals surface area contributed by atoms with Crippen molar-refractivity contribution in [2.45, 2.75) is 43.2 Å². The third-order valence-corrected chi connectivity index (χ3v) is 5.72. The van der Waals surface area contributed by atoms with Gasteiger partial charge in [0.2, 0.25) is 0 Å². The first-order valence-electron chi connectivity index (χ1n) is 6.74. The van der Waals surface area contributed by atoms with Crippen molar-refractivity contribution in [3.05, 3.63) is 24.4 Å². The summed E-state index contributed by atoms with van der Waals surface area (Å²) < 4.78 is 29.6. The maximum Gasteiger partial charge on any atom is 0.260 e. The van der Waals surface area contributed by atoms with Crippen LogP contribution in [0.1, 0.15) is 32.6 Å². The highest BCUT2D eigenvalue weighted by molar-refractivity contribution is 7.89. The molecule has 0 spiro atoms. The predicted octanol–water partition coefficient (Wildman–Crippen LogP) is 1.53. The number of nitrogens with two attached hydrogens (primary N) is 1. The molecule has 6 nitrogen and oxygen atoms in total. The van der Waals surface area contributed by atoms with Crippen molar-refractivity contribution in [1.29, 1.82) is 0 Å². The van der Waals surface area contributed by atoms with Gasteiger partial charge in [0.25, 0.3) is 10.0 Å². The molecule has 0 aliphatic heterocycles. The van der Waals surface area contributed by atoms with E-state index in [0.29, 0.717) is 5.65 Å². The number of hydrogen-bond acceptors (Lipinski definition) is 4. The molecule has 2 aromatic rings. The van der Waals surface area contributed by atoms with E-state index in [-0.39, 0.29) is 16.4 Å². The number of pyridine rings is 1. The summed E-state index contributed by atoms with van der Waals surface area (Å²) in [6.07, 6.45) is 5.24. The molecule has 7 heteroatoms. The molecule has 0 unspecified atom stereocenters. The van der Waals surface area contributed by atoms with Crippen LogP contribution in [0.3, 0.4) is 0 Å². The van der Waals surface area contributed by atoms with Gasteiger partial charge >= 0.3 is 0 Å². The highest BCUT2D eigenvalue weighted by Crippen LogP contribution is 2.36. The van der Waals surface area contributed by atoms with Gasteiger partial charge in [0.15, 0.2) is 10.8 Å². The largest absolute Gasteiger partial charge is 0.381 e. The number of imidazole rings is 1. The van der Waals surface area contributed by atoms with Gasteiger partial charge in [0.1, 0.15) is 5.65 Å². The Kier molecular flexibility index (Phi) is 2.98. The van der Waals surface area contributed by atoms with Crippen molar-refractivity contribution >= 4 is 21.5 Å². The van der Waals surface area contributed by atoms with Gasteiger partial charge in [-0.05, 0) is 37.8 Å². The summed E-state index contributed by atoms with van der Waals surface area (Å²) >= 11 is 0. The van der Waals surface area contributed by atoms with Crippen LogP contribution in [0.2, 0.25) is 0 Å². The minimum Gasteiger partial charge on any atom is -0.381 e. The van der Waals surface area contributed by atoms with E-state index in [1.54, 1.807) is 24.4 Å². The van der Waals surface area contributed by atoms with Crippen LogP contribution in [0.5, 0.6) is 0 Å². The van der Waals surface area contributed by atoms with Crippen LogP contribution in [0, 0.1) is 0 Å². The van der Waals surface area contributed by atoms with Crippen LogP contribution in [0.25, 0.3) is 5.65 Å². The Balaban J connectivity index is 2.07. The van der Waals surface area contributed by atoms with Gasteiger partial charge in [-0.3, -0.25) is 4.40 Å².